The fourth-order valence-electron chi connectivity index (χ4n) is 3.87. The normalized spacial score (nSPS) is 11.2. The summed E-state index contributed by atoms with van der Waals surface area (Å²) in [5.41, 5.74) is -3.53. The Bertz CT molecular complexity index is 1670. The highest BCUT2D eigenvalue weighted by atomic mass is 19.3. The predicted octanol–water partition coefficient (Wildman–Crippen LogP) is 9.17. The van der Waals surface area contributed by atoms with Crippen molar-refractivity contribution in [2.24, 2.45) is 0 Å². The number of benzene rings is 4. The van der Waals surface area contributed by atoms with E-state index in [0.29, 0.717) is 18.6 Å². The third-order valence-electron chi connectivity index (χ3n) is 5.92. The quantitative estimate of drug-likeness (QED) is 0.0855. The summed E-state index contributed by atoms with van der Waals surface area (Å²) in [5.74, 6) is -9.40. The Morgan fingerprint density at radius 3 is 1.79 bits per heavy atom. The van der Waals surface area contributed by atoms with Gasteiger partial charge in [0, 0.05) is 29.8 Å². The van der Waals surface area contributed by atoms with Crippen LogP contribution in [-0.2, 0) is 6.11 Å². The number of hydrogen-bond donors (Lipinski definition) is 0. The van der Waals surface area contributed by atoms with Gasteiger partial charge in [-0.15, -0.1) is 0 Å². The first-order chi connectivity index (χ1) is 20.3. The summed E-state index contributed by atoms with van der Waals surface area (Å²) in [7, 11) is 0. The van der Waals surface area contributed by atoms with Gasteiger partial charge in [0.05, 0.1) is 17.7 Å². The minimum atomic E-state index is -4.80. The molecular weight excluding hydrogens is 594 g/mol. The lowest BCUT2D eigenvalue weighted by atomic mass is 10.0. The number of rotatable bonds is 8. The van der Waals surface area contributed by atoms with Crippen molar-refractivity contribution in [3.63, 3.8) is 0 Å². The molecule has 0 amide bonds. The summed E-state index contributed by atoms with van der Waals surface area (Å²) in [4.78, 5) is 0. The number of ether oxygens (including phenoxy) is 2. The van der Waals surface area contributed by atoms with Crippen molar-refractivity contribution < 1.29 is 53.4 Å². The summed E-state index contributed by atoms with van der Waals surface area (Å²) in [5, 5.41) is 0. The molecule has 4 rings (SSSR count). The van der Waals surface area contributed by atoms with Gasteiger partial charge in [-0.2, -0.15) is 8.78 Å². The minimum absolute atomic E-state index is 0.0387. The van der Waals surface area contributed by atoms with Crippen LogP contribution >= 0.6 is 0 Å². The van der Waals surface area contributed by atoms with Crippen LogP contribution in [0.5, 0.6) is 11.5 Å². The molecule has 0 spiro atoms. The molecule has 0 aliphatic heterocycles. The van der Waals surface area contributed by atoms with Crippen LogP contribution in [0.25, 0.3) is 11.1 Å². The third-order valence-corrected chi connectivity index (χ3v) is 5.92. The molecule has 0 aliphatic rings. The van der Waals surface area contributed by atoms with Crippen molar-refractivity contribution in [2.45, 2.75) is 25.9 Å². The van der Waals surface area contributed by atoms with E-state index in [1.165, 1.54) is 0 Å². The van der Waals surface area contributed by atoms with E-state index in [0.717, 1.165) is 36.8 Å². The van der Waals surface area contributed by atoms with E-state index in [9.17, 15) is 43.9 Å². The molecular formula is C31H18F10O2. The van der Waals surface area contributed by atoms with Crippen molar-refractivity contribution in [3.8, 4) is 34.5 Å². The largest absolute Gasteiger partial charge is 0.493 e. The van der Waals surface area contributed by atoms with Crippen LogP contribution in [0, 0.1) is 58.4 Å². The Morgan fingerprint density at radius 1 is 0.651 bits per heavy atom. The van der Waals surface area contributed by atoms with Gasteiger partial charge in [0.1, 0.15) is 46.1 Å². The van der Waals surface area contributed by atoms with Crippen LogP contribution in [0.4, 0.5) is 43.9 Å². The van der Waals surface area contributed by atoms with Crippen molar-refractivity contribution >= 4 is 0 Å². The first-order valence-electron chi connectivity index (χ1n) is 12.5. The maximum Gasteiger partial charge on any atom is 0.432 e. The van der Waals surface area contributed by atoms with Crippen molar-refractivity contribution in [2.75, 3.05) is 6.61 Å². The van der Waals surface area contributed by atoms with Crippen LogP contribution in [0.1, 0.15) is 36.5 Å². The molecule has 0 saturated carbocycles. The van der Waals surface area contributed by atoms with Crippen molar-refractivity contribution in [3.05, 3.63) is 118 Å². The second-order valence-electron chi connectivity index (χ2n) is 9.04. The van der Waals surface area contributed by atoms with E-state index in [4.69, 9.17) is 4.74 Å². The summed E-state index contributed by atoms with van der Waals surface area (Å²) < 4.78 is 151. The van der Waals surface area contributed by atoms with Gasteiger partial charge in [-0.25, -0.2) is 35.1 Å². The summed E-state index contributed by atoms with van der Waals surface area (Å²) in [6, 6.07) is 5.75. The zero-order valence-corrected chi connectivity index (χ0v) is 21.9. The molecule has 0 bridgehead atoms. The first-order valence-corrected chi connectivity index (χ1v) is 12.5. The lowest BCUT2D eigenvalue weighted by Gasteiger charge is -2.19. The highest BCUT2D eigenvalue weighted by Gasteiger charge is 2.41. The zero-order chi connectivity index (χ0) is 31.5. The fraction of sp³-hybridized carbons (Fsp3) is 0.161. The molecule has 0 atom stereocenters. The highest BCUT2D eigenvalue weighted by molar-refractivity contribution is 5.67. The van der Waals surface area contributed by atoms with Gasteiger partial charge in [-0.05, 0) is 36.2 Å². The predicted molar refractivity (Wildman–Crippen MR) is 135 cm³/mol. The van der Waals surface area contributed by atoms with Crippen LogP contribution < -0.4 is 9.47 Å². The molecule has 0 saturated heterocycles. The maximum atomic E-state index is 14.7. The Balaban J connectivity index is 1.57. The van der Waals surface area contributed by atoms with E-state index in [-0.39, 0.29) is 35.6 Å². The van der Waals surface area contributed by atoms with Crippen molar-refractivity contribution in [1.82, 2.24) is 0 Å². The minimum Gasteiger partial charge on any atom is -0.493 e. The molecule has 12 heteroatoms. The molecule has 0 aliphatic carbocycles. The molecule has 2 nitrogen and oxygen atoms in total. The van der Waals surface area contributed by atoms with Crippen LogP contribution in [0.3, 0.4) is 0 Å². The summed E-state index contributed by atoms with van der Waals surface area (Å²) >= 11 is 0. The molecule has 0 heterocycles. The average molecular weight is 612 g/mol. The van der Waals surface area contributed by atoms with Crippen molar-refractivity contribution in [1.29, 1.82) is 0 Å². The zero-order valence-electron chi connectivity index (χ0n) is 21.9. The number of alkyl halides is 2. The maximum absolute atomic E-state index is 14.7. The molecule has 0 fully saturated rings. The smallest absolute Gasteiger partial charge is 0.432 e. The van der Waals surface area contributed by atoms with Gasteiger partial charge in [-0.1, -0.05) is 31.3 Å². The monoisotopic (exact) mass is 612 g/mol. The molecule has 0 N–H and O–H groups in total. The van der Waals surface area contributed by atoms with Gasteiger partial charge in [-0.3, -0.25) is 0 Å². The van der Waals surface area contributed by atoms with E-state index in [2.05, 4.69) is 16.6 Å². The highest BCUT2D eigenvalue weighted by Crippen LogP contribution is 2.36. The van der Waals surface area contributed by atoms with E-state index >= 15 is 0 Å². The van der Waals surface area contributed by atoms with Crippen LogP contribution in [-0.4, -0.2) is 6.61 Å². The molecule has 0 aromatic heterocycles. The SMILES string of the molecule is CCCCOc1cc(F)c(-c2ccc(C#Cc3cc(F)c(C(F)(F)Oc4cc(F)c(F)c(F)c4)c(F)c3)c(F)c2)c(F)c1. The number of hydrogen-bond acceptors (Lipinski definition) is 2. The lowest BCUT2D eigenvalue weighted by molar-refractivity contribution is -0.189. The Hall–Kier alpha value is -4.66. The standard InChI is InChI=1S/C31H18F10O2/c1-2-3-8-42-19-12-22(33)28(23(34)13-19)18-7-6-17(21(32)11-18)5-4-16-9-24(35)29(25(36)10-16)31(40,41)43-20-14-26(37)30(39)27(38)15-20/h6-7,9-15H,2-3,8H2,1H3. The van der Waals surface area contributed by atoms with Crippen LogP contribution in [0.15, 0.2) is 54.6 Å². The fourth-order valence-corrected chi connectivity index (χ4v) is 3.87. The van der Waals surface area contributed by atoms with Gasteiger partial charge < -0.3 is 9.47 Å². The second kappa shape index (κ2) is 12.7. The molecule has 0 unspecified atom stereocenters. The Labute approximate surface area is 238 Å². The number of halogens is 10. The van der Waals surface area contributed by atoms with Crippen LogP contribution in [0.2, 0.25) is 0 Å². The van der Waals surface area contributed by atoms with Gasteiger partial charge in [0.15, 0.2) is 17.5 Å². The first kappa shape index (κ1) is 31.3. The Kier molecular flexibility index (Phi) is 9.23. The molecule has 224 valence electrons. The molecule has 4 aromatic rings. The summed E-state index contributed by atoms with van der Waals surface area (Å²) in [6.45, 7) is 2.16. The molecule has 0 radical (unpaired) electrons. The van der Waals surface area contributed by atoms with E-state index in [1.54, 1.807) is 0 Å². The van der Waals surface area contributed by atoms with Gasteiger partial charge in [0.2, 0.25) is 0 Å². The number of unbranched alkanes of at least 4 members (excludes halogenated alkanes) is 1. The Morgan fingerprint density at radius 2 is 1.23 bits per heavy atom. The average Bonchev–Trinajstić information content (AvgIpc) is 2.90. The van der Waals surface area contributed by atoms with E-state index in [1.807, 2.05) is 6.92 Å². The molecule has 4 aromatic carbocycles. The third kappa shape index (κ3) is 7.05. The van der Waals surface area contributed by atoms with Gasteiger partial charge in [0.25, 0.3) is 0 Å². The second-order valence-corrected chi connectivity index (χ2v) is 9.04. The summed E-state index contributed by atoms with van der Waals surface area (Å²) in [6.07, 6.45) is -3.32. The molecule has 43 heavy (non-hydrogen) atoms. The van der Waals surface area contributed by atoms with E-state index < -0.39 is 75.1 Å². The lowest BCUT2D eigenvalue weighted by Crippen LogP contribution is -2.25. The van der Waals surface area contributed by atoms with Gasteiger partial charge >= 0.3 is 6.11 Å². The topological polar surface area (TPSA) is 18.5 Å².